The maximum atomic E-state index is 11.0. The van der Waals surface area contributed by atoms with Crippen LogP contribution >= 0.6 is 0 Å². The van der Waals surface area contributed by atoms with Crippen LogP contribution in [0.1, 0.15) is 39.0 Å². The first-order valence-electron chi connectivity index (χ1n) is 7.05. The van der Waals surface area contributed by atoms with E-state index in [1.54, 1.807) is 14.0 Å². The molecule has 0 aromatic rings. The number of hydrogen-bond donors (Lipinski definition) is 0. The summed E-state index contributed by atoms with van der Waals surface area (Å²) in [4.78, 5) is 12.9. The predicted octanol–water partition coefficient (Wildman–Crippen LogP) is 3.09. The number of carbonyl (C=O) groups is 1. The van der Waals surface area contributed by atoms with Crippen LogP contribution in [0.15, 0.2) is 18.2 Å². The van der Waals surface area contributed by atoms with Crippen LogP contribution < -0.4 is 4.74 Å². The van der Waals surface area contributed by atoms with Crippen molar-refractivity contribution in [2.24, 2.45) is 0 Å². The van der Waals surface area contributed by atoms with Crippen molar-refractivity contribution in [3.8, 4) is 5.75 Å². The van der Waals surface area contributed by atoms with Crippen LogP contribution in [0.5, 0.6) is 5.75 Å². The number of methoxy groups -OCH3 is 1. The van der Waals surface area contributed by atoms with Gasteiger partial charge < -0.3 is 9.64 Å². The largest absolute Gasteiger partial charge is 0.496 e. The van der Waals surface area contributed by atoms with Gasteiger partial charge in [-0.25, -0.2) is 0 Å². The lowest BCUT2D eigenvalue weighted by Crippen LogP contribution is -2.36. The molecular formula is C16H23NO2. The van der Waals surface area contributed by atoms with Crippen LogP contribution in [-0.4, -0.2) is 31.0 Å². The average molecular weight is 261 g/mol. The van der Waals surface area contributed by atoms with Gasteiger partial charge in [0.05, 0.1) is 7.11 Å². The molecule has 1 amide bonds. The molecule has 0 radical (unpaired) electrons. The molecule has 104 valence electrons. The maximum Gasteiger partial charge on any atom is 0.219 e. The van der Waals surface area contributed by atoms with Gasteiger partial charge in [0.2, 0.25) is 5.91 Å². The molecule has 3 rings (SSSR count). The molecule has 0 N–H and O–H groups in total. The molecule has 0 unspecified atom stereocenters. The second-order valence-corrected chi connectivity index (χ2v) is 5.34. The summed E-state index contributed by atoms with van der Waals surface area (Å²) in [6.45, 7) is 1.65. The monoisotopic (exact) mass is 261 g/mol. The van der Waals surface area contributed by atoms with Gasteiger partial charge in [-0.15, -0.1) is 0 Å². The molecule has 0 heterocycles. The lowest BCUT2D eigenvalue weighted by Gasteiger charge is -2.30. The zero-order chi connectivity index (χ0) is 13.8. The minimum absolute atomic E-state index is 0.205. The van der Waals surface area contributed by atoms with Gasteiger partial charge in [0.15, 0.2) is 0 Å². The van der Waals surface area contributed by atoms with E-state index in [0.717, 1.165) is 5.75 Å². The zero-order valence-corrected chi connectivity index (χ0v) is 12.1. The van der Waals surface area contributed by atoms with Crippen molar-refractivity contribution < 1.29 is 9.53 Å². The van der Waals surface area contributed by atoms with Crippen molar-refractivity contribution in [1.29, 1.82) is 0 Å². The van der Waals surface area contributed by atoms with E-state index in [1.165, 1.54) is 42.5 Å². The van der Waals surface area contributed by atoms with Gasteiger partial charge in [0, 0.05) is 25.2 Å². The van der Waals surface area contributed by atoms with Crippen LogP contribution in [0.2, 0.25) is 0 Å². The van der Waals surface area contributed by atoms with Crippen molar-refractivity contribution in [2.45, 2.75) is 45.1 Å². The Labute approximate surface area is 114 Å². The van der Waals surface area contributed by atoms with E-state index >= 15 is 0 Å². The van der Waals surface area contributed by atoms with E-state index in [1.807, 2.05) is 18.0 Å². The van der Waals surface area contributed by atoms with E-state index in [2.05, 4.69) is 12.1 Å². The van der Waals surface area contributed by atoms with Crippen LogP contribution in [0.3, 0.4) is 0 Å². The van der Waals surface area contributed by atoms with Crippen LogP contribution in [0.4, 0.5) is 0 Å². The summed E-state index contributed by atoms with van der Waals surface area (Å²) in [7, 11) is 3.61. The number of hydrogen-bond acceptors (Lipinski definition) is 2. The molecule has 3 aliphatic carbocycles. The third kappa shape index (κ3) is 3.09. The van der Waals surface area contributed by atoms with Crippen molar-refractivity contribution in [2.75, 3.05) is 14.2 Å². The fourth-order valence-corrected chi connectivity index (χ4v) is 2.65. The highest BCUT2D eigenvalue weighted by Gasteiger charge is 2.18. The number of ether oxygens (including phenoxy) is 1. The highest BCUT2D eigenvalue weighted by Crippen LogP contribution is 2.22. The Kier molecular flexibility index (Phi) is 4.46. The number of nitrogens with zero attached hydrogens (tertiary/aromatic N) is 1. The van der Waals surface area contributed by atoms with Crippen LogP contribution in [0.25, 0.3) is 0 Å². The average Bonchev–Trinajstić information content (AvgIpc) is 2.42. The summed E-state index contributed by atoms with van der Waals surface area (Å²) in [6, 6.07) is 6.71. The Bertz CT molecular complexity index is 532. The van der Waals surface area contributed by atoms with E-state index in [4.69, 9.17) is 4.74 Å². The van der Waals surface area contributed by atoms with Crippen molar-refractivity contribution in [1.82, 2.24) is 4.90 Å². The predicted molar refractivity (Wildman–Crippen MR) is 76.0 cm³/mol. The van der Waals surface area contributed by atoms with Gasteiger partial charge >= 0.3 is 0 Å². The molecule has 0 saturated heterocycles. The second-order valence-electron chi connectivity index (χ2n) is 5.34. The minimum Gasteiger partial charge on any atom is -0.496 e. The SMILES string of the molecule is CC(=O)N(C)C1CCCCC1.COc1cc2ccc1=2. The standard InChI is InChI=1S/C9H17NO.C7H6O/c1-8(11)10(2)9-6-4-3-5-7-9;1-8-7-4-5-2-3-6(5)7/h9H,3-7H2,1-2H3;2-4H,1H3. The molecule has 19 heavy (non-hydrogen) atoms. The number of amides is 1. The summed E-state index contributed by atoms with van der Waals surface area (Å²) < 4.78 is 4.97. The van der Waals surface area contributed by atoms with E-state index in [-0.39, 0.29) is 5.91 Å². The number of carbonyl (C=O) groups excluding carboxylic acids is 1. The molecule has 3 heteroatoms. The number of benzene rings is 1. The van der Waals surface area contributed by atoms with Crippen molar-refractivity contribution >= 4 is 5.91 Å². The Balaban J connectivity index is 0.000000146. The molecule has 1 saturated carbocycles. The fraction of sp³-hybridized carbons (Fsp3) is 0.562. The van der Waals surface area contributed by atoms with Crippen molar-refractivity contribution in [3.63, 3.8) is 0 Å². The van der Waals surface area contributed by atoms with E-state index in [9.17, 15) is 4.79 Å². The summed E-state index contributed by atoms with van der Waals surface area (Å²) in [6.07, 6.45) is 6.35. The topological polar surface area (TPSA) is 29.5 Å². The molecule has 3 aliphatic rings. The third-order valence-corrected chi connectivity index (χ3v) is 4.13. The fourth-order valence-electron chi connectivity index (χ4n) is 2.65. The lowest BCUT2D eigenvalue weighted by atomic mass is 9.94. The lowest BCUT2D eigenvalue weighted by molar-refractivity contribution is -0.130. The van der Waals surface area contributed by atoms with Gasteiger partial charge in [0.1, 0.15) is 5.75 Å². The van der Waals surface area contributed by atoms with Gasteiger partial charge in [-0.05, 0) is 24.1 Å². The third-order valence-electron chi connectivity index (χ3n) is 4.13. The zero-order valence-electron chi connectivity index (χ0n) is 12.1. The van der Waals surface area contributed by atoms with Crippen LogP contribution in [-0.2, 0) is 4.79 Å². The second kappa shape index (κ2) is 6.09. The summed E-state index contributed by atoms with van der Waals surface area (Å²) in [5, 5.41) is 2.62. The van der Waals surface area contributed by atoms with E-state index < -0.39 is 0 Å². The van der Waals surface area contributed by atoms with Gasteiger partial charge in [-0.2, -0.15) is 0 Å². The first-order chi connectivity index (χ1) is 9.13. The molecule has 1 fully saturated rings. The number of rotatable bonds is 2. The molecule has 3 nitrogen and oxygen atoms in total. The van der Waals surface area contributed by atoms with E-state index in [0.29, 0.717) is 6.04 Å². The van der Waals surface area contributed by atoms with Gasteiger partial charge in [-0.3, -0.25) is 4.79 Å². The molecule has 0 aromatic carbocycles. The van der Waals surface area contributed by atoms with Gasteiger partial charge in [-0.1, -0.05) is 31.4 Å². The minimum atomic E-state index is 0.205. The Hall–Kier alpha value is -1.51. The molecule has 0 aromatic heterocycles. The Morgan fingerprint density at radius 1 is 1.26 bits per heavy atom. The summed E-state index contributed by atoms with van der Waals surface area (Å²) in [5.41, 5.74) is 0. The summed E-state index contributed by atoms with van der Waals surface area (Å²) >= 11 is 0. The highest BCUT2D eigenvalue weighted by atomic mass is 16.5. The molecular weight excluding hydrogens is 238 g/mol. The highest BCUT2D eigenvalue weighted by molar-refractivity contribution is 5.73. The maximum absolute atomic E-state index is 11.0. The molecule has 0 aliphatic heterocycles. The van der Waals surface area contributed by atoms with Gasteiger partial charge in [0.25, 0.3) is 0 Å². The molecule has 0 spiro atoms. The summed E-state index contributed by atoms with van der Waals surface area (Å²) in [5.74, 6) is 1.24. The molecule has 0 bridgehead atoms. The Morgan fingerprint density at radius 2 is 1.95 bits per heavy atom. The van der Waals surface area contributed by atoms with Crippen LogP contribution in [0, 0.1) is 10.4 Å². The van der Waals surface area contributed by atoms with Crippen molar-refractivity contribution in [3.05, 3.63) is 28.6 Å². The molecule has 0 atom stereocenters. The first kappa shape index (κ1) is 13.9. The normalized spacial score (nSPS) is 16.2. The first-order valence-corrected chi connectivity index (χ1v) is 7.05. The quantitative estimate of drug-likeness (QED) is 0.831. The smallest absolute Gasteiger partial charge is 0.219 e. The Morgan fingerprint density at radius 3 is 2.26 bits per heavy atom.